The Labute approximate surface area is 258 Å². The Hall–Kier alpha value is 1.46. The van der Waals surface area contributed by atoms with Crippen molar-refractivity contribution in [1.29, 1.82) is 0 Å². The maximum atomic E-state index is 4.93. The van der Waals surface area contributed by atoms with Crippen LogP contribution >= 0.6 is 17.0 Å². The van der Waals surface area contributed by atoms with E-state index in [1.54, 1.807) is 57.8 Å². The standard InChI is InChI=1S/C33H56.2CH3.2ClH.Zr/c1-18-7-9-26-22(5)30-13-20(3)28(32(30)15-24(26)11-18)17-29-21(4)14-31-23(6)27-10-8-19(2)12-25(27)16-33(29)31;;;;;/h18-33H,7-17H2,1-6H3;2*1H3;2*1H;/q;2*-1;;;+4/p-2. The second-order valence-electron chi connectivity index (χ2n) is 15.6. The van der Waals surface area contributed by atoms with Gasteiger partial charge in [0, 0.05) is 0 Å². The summed E-state index contributed by atoms with van der Waals surface area (Å²) < 4.78 is 0. The van der Waals surface area contributed by atoms with Crippen LogP contribution in [0.2, 0.25) is 0 Å². The molecule has 0 N–H and O–H groups in total. The maximum absolute atomic E-state index is 4.93. The Morgan fingerprint density at radius 3 is 1.24 bits per heavy atom. The third-order valence-corrected chi connectivity index (χ3v) is 14.0. The van der Waals surface area contributed by atoms with Crippen LogP contribution in [-0.2, 0) is 20.8 Å². The fourth-order valence-corrected chi connectivity index (χ4v) is 12.4. The third-order valence-electron chi connectivity index (χ3n) is 14.0. The van der Waals surface area contributed by atoms with E-state index in [1.165, 1.54) is 12.8 Å². The van der Waals surface area contributed by atoms with Crippen LogP contribution in [0.3, 0.4) is 0 Å². The molecule has 6 fully saturated rings. The average Bonchev–Trinajstić information content (AvgIpc) is 3.31. The normalized spacial score (nSPS) is 52.8. The molecular weight excluding hydrogens is 583 g/mol. The molecule has 6 aliphatic carbocycles. The zero-order valence-electron chi connectivity index (χ0n) is 26.3. The van der Waals surface area contributed by atoms with Crippen molar-refractivity contribution in [1.82, 2.24) is 0 Å². The molecule has 0 aromatic heterocycles. The Morgan fingerprint density at radius 2 is 0.868 bits per heavy atom. The summed E-state index contributed by atoms with van der Waals surface area (Å²) in [7, 11) is 9.87. The zero-order valence-corrected chi connectivity index (χ0v) is 30.2. The van der Waals surface area contributed by atoms with Gasteiger partial charge in [-0.3, -0.25) is 0 Å². The Kier molecular flexibility index (Phi) is 12.8. The molecule has 6 saturated carbocycles. The van der Waals surface area contributed by atoms with Gasteiger partial charge in [-0.25, -0.2) is 0 Å². The van der Waals surface area contributed by atoms with E-state index in [0.717, 1.165) is 94.7 Å². The van der Waals surface area contributed by atoms with Crippen LogP contribution in [0.4, 0.5) is 0 Å². The van der Waals surface area contributed by atoms with Crippen molar-refractivity contribution in [3.05, 3.63) is 14.9 Å². The van der Waals surface area contributed by atoms with E-state index in [0.29, 0.717) is 0 Å². The topological polar surface area (TPSA) is 0 Å². The molecule has 0 saturated heterocycles. The van der Waals surface area contributed by atoms with E-state index < -0.39 is 20.8 Å². The zero-order chi connectivity index (χ0) is 25.7. The minimum atomic E-state index is -0.826. The van der Waals surface area contributed by atoms with Crippen LogP contribution < -0.4 is 0 Å². The average molecular weight is 645 g/mol. The number of halogens is 2. The van der Waals surface area contributed by atoms with Gasteiger partial charge in [-0.2, -0.15) is 0 Å². The van der Waals surface area contributed by atoms with Gasteiger partial charge in [0.25, 0.3) is 0 Å². The molecule has 6 rings (SSSR count). The molecule has 0 amide bonds. The van der Waals surface area contributed by atoms with Gasteiger partial charge < -0.3 is 14.9 Å². The minimum absolute atomic E-state index is 0. The van der Waals surface area contributed by atoms with Crippen molar-refractivity contribution in [3.8, 4) is 0 Å². The first-order valence-electron chi connectivity index (χ1n) is 16.2. The van der Waals surface area contributed by atoms with Crippen molar-refractivity contribution in [2.45, 2.75) is 112 Å². The van der Waals surface area contributed by atoms with E-state index in [4.69, 9.17) is 17.0 Å². The van der Waals surface area contributed by atoms with Gasteiger partial charge in [0.2, 0.25) is 0 Å². The molecule has 0 spiro atoms. The third kappa shape index (κ3) is 6.51. The summed E-state index contributed by atoms with van der Waals surface area (Å²) in [6.07, 6.45) is 17.3. The fourth-order valence-electron chi connectivity index (χ4n) is 12.4. The van der Waals surface area contributed by atoms with Gasteiger partial charge >= 0.3 is 37.9 Å². The van der Waals surface area contributed by atoms with E-state index >= 15 is 0 Å². The molecule has 0 aromatic carbocycles. The van der Waals surface area contributed by atoms with E-state index in [2.05, 4.69) is 41.5 Å². The first kappa shape index (κ1) is 34.0. The molecule has 38 heavy (non-hydrogen) atoms. The molecule has 0 aromatic rings. The Morgan fingerprint density at radius 1 is 0.500 bits per heavy atom. The number of rotatable bonds is 2. The Balaban J connectivity index is 0.000000766. The van der Waals surface area contributed by atoms with Crippen molar-refractivity contribution in [2.75, 3.05) is 0 Å². The molecule has 220 valence electrons. The molecule has 16 atom stereocenters. The predicted molar refractivity (Wildman–Crippen MR) is 165 cm³/mol. The fraction of sp³-hybridized carbons (Fsp3) is 0.943. The second-order valence-corrected chi connectivity index (χ2v) is 19.3. The summed E-state index contributed by atoms with van der Waals surface area (Å²) in [6.45, 7) is 15.8. The summed E-state index contributed by atoms with van der Waals surface area (Å²) in [5.74, 6) is 16.7. The molecule has 3 heteroatoms. The molecule has 0 aliphatic heterocycles. The van der Waals surface area contributed by atoms with Gasteiger partial charge in [-0.15, -0.1) is 0 Å². The van der Waals surface area contributed by atoms with Gasteiger partial charge in [0.15, 0.2) is 0 Å². The van der Waals surface area contributed by atoms with Gasteiger partial charge in [0.1, 0.15) is 0 Å². The number of hydrogen-bond acceptors (Lipinski definition) is 0. The summed E-state index contributed by atoms with van der Waals surface area (Å²) >= 11 is -0.826. The molecule has 16 unspecified atom stereocenters. The summed E-state index contributed by atoms with van der Waals surface area (Å²) in [5, 5.41) is 0. The molecule has 0 nitrogen and oxygen atoms in total. The van der Waals surface area contributed by atoms with Crippen molar-refractivity contribution in [3.63, 3.8) is 0 Å². The SMILES string of the molecule is CC1CCC2C(C1)CC1C(CC3C(C)CC4C(C)C5CCC(C)CC5CC34)C(C)CC1C2C.[CH3-].[CH3-].[Cl][Zr+2][Cl]. The molecule has 0 radical (unpaired) electrons. The van der Waals surface area contributed by atoms with Crippen LogP contribution in [0.5, 0.6) is 0 Å². The number of fused-ring (bicyclic) bond motifs is 4. The second kappa shape index (κ2) is 14.3. The van der Waals surface area contributed by atoms with Gasteiger partial charge in [0.05, 0.1) is 0 Å². The van der Waals surface area contributed by atoms with E-state index in [9.17, 15) is 0 Å². The van der Waals surface area contributed by atoms with Crippen molar-refractivity contribution in [2.24, 2.45) is 94.7 Å². The first-order chi connectivity index (χ1) is 17.2. The molecule has 0 heterocycles. The predicted octanol–water partition coefficient (Wildman–Crippen LogP) is 11.6. The quantitative estimate of drug-likeness (QED) is 0.262. The van der Waals surface area contributed by atoms with Gasteiger partial charge in [-0.1, -0.05) is 54.4 Å². The summed E-state index contributed by atoms with van der Waals surface area (Å²) in [4.78, 5) is 0. The molecule has 0 bridgehead atoms. The molecule has 6 aliphatic rings. The summed E-state index contributed by atoms with van der Waals surface area (Å²) in [6, 6.07) is 0. The van der Waals surface area contributed by atoms with Crippen LogP contribution in [0, 0.1) is 110 Å². The van der Waals surface area contributed by atoms with Crippen LogP contribution in [-0.4, -0.2) is 0 Å². The van der Waals surface area contributed by atoms with E-state index in [1.807, 2.05) is 0 Å². The monoisotopic (exact) mass is 642 g/mol. The van der Waals surface area contributed by atoms with Crippen LogP contribution in [0.1, 0.15) is 112 Å². The van der Waals surface area contributed by atoms with Gasteiger partial charge in [-0.05, 0) is 152 Å². The van der Waals surface area contributed by atoms with Crippen LogP contribution in [0.15, 0.2) is 0 Å². The van der Waals surface area contributed by atoms with Crippen molar-refractivity contribution >= 4 is 17.0 Å². The van der Waals surface area contributed by atoms with E-state index in [-0.39, 0.29) is 14.9 Å². The van der Waals surface area contributed by atoms with Crippen molar-refractivity contribution < 1.29 is 20.8 Å². The first-order valence-corrected chi connectivity index (χ1v) is 22.5. The van der Waals surface area contributed by atoms with Crippen LogP contribution in [0.25, 0.3) is 0 Å². The summed E-state index contributed by atoms with van der Waals surface area (Å²) in [5.41, 5.74) is 0. The number of hydrogen-bond donors (Lipinski definition) is 0. The Bertz CT molecular complexity index is 665. The molecular formula is C35H62Cl2Zr.